The molecular weight excluding hydrogens is 410 g/mol. The molecule has 3 aromatic rings. The number of anilines is 1. The molecule has 0 spiro atoms. The third-order valence-corrected chi connectivity index (χ3v) is 5.53. The summed E-state index contributed by atoms with van der Waals surface area (Å²) < 4.78 is 5.69. The molecule has 3 rings (SSSR count). The average molecular weight is 438 g/mol. The molecule has 0 atom stereocenters. The Morgan fingerprint density at radius 3 is 2.68 bits per heavy atom. The third kappa shape index (κ3) is 5.70. The van der Waals surface area contributed by atoms with E-state index in [0.29, 0.717) is 30.2 Å². The topological polar surface area (TPSA) is 80.3 Å². The summed E-state index contributed by atoms with van der Waals surface area (Å²) in [7, 11) is 0. The van der Waals surface area contributed by atoms with Crippen LogP contribution in [0.3, 0.4) is 0 Å². The summed E-state index contributed by atoms with van der Waals surface area (Å²) in [6.07, 6.45) is 1.77. The highest BCUT2D eigenvalue weighted by Crippen LogP contribution is 2.28. The van der Waals surface area contributed by atoms with Crippen LogP contribution in [0.5, 0.6) is 5.75 Å². The van der Waals surface area contributed by atoms with Gasteiger partial charge in [0.1, 0.15) is 10.8 Å². The summed E-state index contributed by atoms with van der Waals surface area (Å²) in [6, 6.07) is 11.4. The number of ether oxygens (including phenoxy) is 1. The van der Waals surface area contributed by atoms with Crippen molar-refractivity contribution in [3.05, 3.63) is 64.7 Å². The largest absolute Gasteiger partial charge is 0.493 e. The highest BCUT2D eigenvalue weighted by molar-refractivity contribution is 7.13. The maximum Gasteiger partial charge on any atom is 0.255 e. The van der Waals surface area contributed by atoms with Crippen LogP contribution in [-0.2, 0) is 11.3 Å². The predicted octanol–water partition coefficient (Wildman–Crippen LogP) is 5.04. The fourth-order valence-corrected chi connectivity index (χ4v) is 3.64. The van der Waals surface area contributed by atoms with E-state index in [1.807, 2.05) is 57.3 Å². The lowest BCUT2D eigenvalue weighted by molar-refractivity contribution is -0.118. The summed E-state index contributed by atoms with van der Waals surface area (Å²) in [5.74, 6) is -0.0225. The Morgan fingerprint density at radius 1 is 1.19 bits per heavy atom. The molecule has 6 nitrogen and oxygen atoms in total. The smallest absolute Gasteiger partial charge is 0.255 e. The molecule has 7 heteroatoms. The lowest BCUT2D eigenvalue weighted by Crippen LogP contribution is -2.24. The van der Waals surface area contributed by atoms with E-state index < -0.39 is 0 Å². The first kappa shape index (κ1) is 22.5. The number of benzene rings is 2. The molecule has 0 aliphatic heterocycles. The van der Waals surface area contributed by atoms with Crippen molar-refractivity contribution >= 4 is 28.8 Å². The maximum atomic E-state index is 13.0. The van der Waals surface area contributed by atoms with Gasteiger partial charge in [0.2, 0.25) is 5.91 Å². The standard InChI is InChI=1S/C24H27N3O3S/c1-5-30-21-11-16(4)20(27-22(28)15(2)3)13-19(21)23(29)26-14-17-7-6-8-18(12-17)24-25-9-10-31-24/h6-13,15H,5,14H2,1-4H3,(H,26,29)(H,27,28). The Balaban J connectivity index is 1.80. The van der Waals surface area contributed by atoms with Gasteiger partial charge in [0.05, 0.1) is 12.2 Å². The number of hydrogen-bond donors (Lipinski definition) is 2. The van der Waals surface area contributed by atoms with Gasteiger partial charge in [0.15, 0.2) is 0 Å². The molecule has 2 aromatic carbocycles. The molecule has 162 valence electrons. The second-order valence-corrected chi connectivity index (χ2v) is 8.36. The van der Waals surface area contributed by atoms with Crippen molar-refractivity contribution < 1.29 is 14.3 Å². The van der Waals surface area contributed by atoms with Crippen LogP contribution >= 0.6 is 11.3 Å². The zero-order valence-electron chi connectivity index (χ0n) is 18.2. The number of amides is 2. The SMILES string of the molecule is CCOc1cc(C)c(NC(=O)C(C)C)cc1C(=O)NCc1cccc(-c2nccs2)c1. The molecule has 0 fully saturated rings. The molecule has 1 heterocycles. The molecule has 0 unspecified atom stereocenters. The number of hydrogen-bond acceptors (Lipinski definition) is 5. The van der Waals surface area contributed by atoms with Crippen molar-refractivity contribution in [1.29, 1.82) is 0 Å². The van der Waals surface area contributed by atoms with Gasteiger partial charge in [0, 0.05) is 35.3 Å². The van der Waals surface area contributed by atoms with E-state index in [9.17, 15) is 9.59 Å². The molecule has 0 saturated heterocycles. The number of carbonyl (C=O) groups excluding carboxylic acids is 2. The summed E-state index contributed by atoms with van der Waals surface area (Å²) in [6.45, 7) is 8.21. The molecule has 2 amide bonds. The highest BCUT2D eigenvalue weighted by Gasteiger charge is 2.17. The van der Waals surface area contributed by atoms with Crippen molar-refractivity contribution in [2.45, 2.75) is 34.2 Å². The second-order valence-electron chi connectivity index (χ2n) is 7.46. The molecule has 0 aliphatic carbocycles. The fraction of sp³-hybridized carbons (Fsp3) is 0.292. The fourth-order valence-electron chi connectivity index (χ4n) is 3.00. The van der Waals surface area contributed by atoms with Crippen LogP contribution in [-0.4, -0.2) is 23.4 Å². The minimum absolute atomic E-state index is 0.0994. The molecule has 0 saturated carbocycles. The van der Waals surface area contributed by atoms with Gasteiger partial charge in [0.25, 0.3) is 5.91 Å². The van der Waals surface area contributed by atoms with Gasteiger partial charge in [-0.3, -0.25) is 9.59 Å². The number of thiazole rings is 1. The van der Waals surface area contributed by atoms with Crippen LogP contribution in [0, 0.1) is 12.8 Å². The van der Waals surface area contributed by atoms with Crippen molar-refractivity contribution in [2.75, 3.05) is 11.9 Å². The average Bonchev–Trinajstić information content (AvgIpc) is 3.29. The Morgan fingerprint density at radius 2 is 2.00 bits per heavy atom. The zero-order chi connectivity index (χ0) is 22.4. The monoisotopic (exact) mass is 437 g/mol. The highest BCUT2D eigenvalue weighted by atomic mass is 32.1. The number of rotatable bonds is 8. The van der Waals surface area contributed by atoms with Gasteiger partial charge < -0.3 is 15.4 Å². The van der Waals surface area contributed by atoms with Crippen LogP contribution in [0.4, 0.5) is 5.69 Å². The van der Waals surface area contributed by atoms with Crippen molar-refractivity contribution in [3.63, 3.8) is 0 Å². The van der Waals surface area contributed by atoms with Gasteiger partial charge >= 0.3 is 0 Å². The predicted molar refractivity (Wildman–Crippen MR) is 125 cm³/mol. The minimum Gasteiger partial charge on any atom is -0.493 e. The summed E-state index contributed by atoms with van der Waals surface area (Å²) in [5, 5.41) is 8.73. The van der Waals surface area contributed by atoms with Crippen molar-refractivity contribution in [2.24, 2.45) is 5.92 Å². The van der Waals surface area contributed by atoms with Crippen LogP contribution in [0.2, 0.25) is 0 Å². The quantitative estimate of drug-likeness (QED) is 0.517. The Hall–Kier alpha value is -3.19. The van der Waals surface area contributed by atoms with Crippen molar-refractivity contribution in [1.82, 2.24) is 10.3 Å². The van der Waals surface area contributed by atoms with Gasteiger partial charge in [-0.2, -0.15) is 0 Å². The van der Waals surface area contributed by atoms with E-state index in [1.165, 1.54) is 0 Å². The second kappa shape index (κ2) is 10.2. The first-order valence-electron chi connectivity index (χ1n) is 10.2. The number of carbonyl (C=O) groups is 2. The lowest BCUT2D eigenvalue weighted by atomic mass is 10.1. The Bertz CT molecular complexity index is 1060. The molecular formula is C24H27N3O3S. The van der Waals surface area contributed by atoms with Crippen molar-refractivity contribution in [3.8, 4) is 16.3 Å². The summed E-state index contributed by atoms with van der Waals surface area (Å²) in [5.41, 5.74) is 3.83. The molecule has 2 N–H and O–H groups in total. The number of nitrogens with zero attached hydrogens (tertiary/aromatic N) is 1. The van der Waals surface area contributed by atoms with E-state index in [4.69, 9.17) is 4.74 Å². The van der Waals surface area contributed by atoms with Crippen LogP contribution in [0.15, 0.2) is 48.0 Å². The molecule has 0 radical (unpaired) electrons. The molecule has 31 heavy (non-hydrogen) atoms. The summed E-state index contributed by atoms with van der Waals surface area (Å²) in [4.78, 5) is 29.5. The van der Waals surface area contributed by atoms with Gasteiger partial charge in [-0.1, -0.05) is 32.0 Å². The molecule has 0 bridgehead atoms. The van der Waals surface area contributed by atoms with Crippen LogP contribution < -0.4 is 15.4 Å². The van der Waals surface area contributed by atoms with Crippen LogP contribution in [0.1, 0.15) is 42.3 Å². The minimum atomic E-state index is -0.261. The van der Waals surface area contributed by atoms with Gasteiger partial charge in [-0.25, -0.2) is 4.98 Å². The van der Waals surface area contributed by atoms with E-state index in [-0.39, 0.29) is 17.7 Å². The Labute approximate surface area is 186 Å². The zero-order valence-corrected chi connectivity index (χ0v) is 19.0. The van der Waals surface area contributed by atoms with E-state index in [0.717, 1.165) is 21.7 Å². The molecule has 1 aromatic heterocycles. The number of aromatic nitrogens is 1. The maximum absolute atomic E-state index is 13.0. The number of nitrogens with one attached hydrogen (secondary N) is 2. The van der Waals surface area contributed by atoms with Gasteiger partial charge in [-0.05, 0) is 43.2 Å². The number of aryl methyl sites for hydroxylation is 1. The lowest BCUT2D eigenvalue weighted by Gasteiger charge is -2.16. The normalized spacial score (nSPS) is 10.7. The first-order valence-corrected chi connectivity index (χ1v) is 11.1. The third-order valence-electron chi connectivity index (χ3n) is 4.71. The first-order chi connectivity index (χ1) is 14.9. The van der Waals surface area contributed by atoms with E-state index in [2.05, 4.69) is 15.6 Å². The van der Waals surface area contributed by atoms with Gasteiger partial charge in [-0.15, -0.1) is 11.3 Å². The van der Waals surface area contributed by atoms with Crippen LogP contribution in [0.25, 0.3) is 10.6 Å². The van der Waals surface area contributed by atoms with E-state index >= 15 is 0 Å². The molecule has 0 aliphatic rings. The Kier molecular flexibility index (Phi) is 7.41. The summed E-state index contributed by atoms with van der Waals surface area (Å²) >= 11 is 1.57. The van der Waals surface area contributed by atoms with E-state index in [1.54, 1.807) is 29.7 Å².